The summed E-state index contributed by atoms with van der Waals surface area (Å²) in [6.07, 6.45) is 8.88. The van der Waals surface area contributed by atoms with E-state index in [1.807, 2.05) is 0 Å². The van der Waals surface area contributed by atoms with Gasteiger partial charge >= 0.3 is 5.97 Å². The maximum Gasteiger partial charge on any atom is 0.314 e. The van der Waals surface area contributed by atoms with Gasteiger partial charge in [-0.25, -0.2) is 0 Å². The minimum absolute atomic E-state index is 0.0590. The summed E-state index contributed by atoms with van der Waals surface area (Å²) in [5, 5.41) is 0.660. The van der Waals surface area contributed by atoms with E-state index < -0.39 is 8.07 Å². The lowest BCUT2D eigenvalue weighted by Gasteiger charge is -2.35. The minimum Gasteiger partial charge on any atom is -0.426 e. The van der Waals surface area contributed by atoms with Crippen LogP contribution in [0.15, 0.2) is 24.3 Å². The van der Waals surface area contributed by atoms with Crippen molar-refractivity contribution < 1.29 is 9.53 Å². The van der Waals surface area contributed by atoms with Gasteiger partial charge in [-0.05, 0) is 37.1 Å². The maximum absolute atomic E-state index is 12.4. The summed E-state index contributed by atoms with van der Waals surface area (Å²) in [6, 6.07) is 11.0. The molecule has 0 spiro atoms. The highest BCUT2D eigenvalue weighted by atomic mass is 35.5. The molecule has 0 radical (unpaired) electrons. The van der Waals surface area contributed by atoms with Crippen molar-refractivity contribution in [1.82, 2.24) is 0 Å². The number of ether oxygens (including phenoxy) is 1. The molecule has 1 heterocycles. The highest BCUT2D eigenvalue weighted by molar-refractivity contribution is 6.78. The first-order valence-electron chi connectivity index (χ1n) is 9.50. The largest absolute Gasteiger partial charge is 0.426 e. The zero-order valence-electron chi connectivity index (χ0n) is 15.2. The molecule has 0 aromatic heterocycles. The number of carbonyl (C=O) groups is 1. The van der Waals surface area contributed by atoms with E-state index in [1.165, 1.54) is 50.2 Å². The van der Waals surface area contributed by atoms with Gasteiger partial charge in [-0.3, -0.25) is 4.79 Å². The number of unbranched alkanes of at least 4 members (excludes halogenated alkanes) is 4. The number of carbonyl (C=O) groups excluding carboxylic acids is 1. The minimum atomic E-state index is -1.11. The normalized spacial score (nSPS) is 23.9. The van der Waals surface area contributed by atoms with E-state index in [-0.39, 0.29) is 11.9 Å². The van der Waals surface area contributed by atoms with Gasteiger partial charge < -0.3 is 4.74 Å². The van der Waals surface area contributed by atoms with E-state index in [0.717, 1.165) is 12.8 Å². The van der Waals surface area contributed by atoms with Crippen LogP contribution in [0, 0.1) is 5.92 Å². The third-order valence-electron chi connectivity index (χ3n) is 5.44. The number of esters is 1. The molecule has 0 amide bonds. The molecule has 1 saturated heterocycles. The van der Waals surface area contributed by atoms with Crippen LogP contribution in [0.3, 0.4) is 0 Å². The summed E-state index contributed by atoms with van der Waals surface area (Å²) < 4.78 is 5.52. The third kappa shape index (κ3) is 6.25. The van der Waals surface area contributed by atoms with Crippen LogP contribution in [0.2, 0.25) is 29.7 Å². The fraction of sp³-hybridized carbons (Fsp3) is 0.650. The van der Waals surface area contributed by atoms with Crippen molar-refractivity contribution in [2.24, 2.45) is 5.92 Å². The van der Waals surface area contributed by atoms with Gasteiger partial charge in [-0.15, -0.1) is 0 Å². The molecule has 1 aliphatic rings. The van der Waals surface area contributed by atoms with Crippen LogP contribution in [0.1, 0.15) is 51.9 Å². The van der Waals surface area contributed by atoms with Gasteiger partial charge in [0.15, 0.2) is 0 Å². The lowest BCUT2D eigenvalue weighted by molar-refractivity contribution is -0.139. The third-order valence-corrected chi connectivity index (χ3v) is 10.2. The molecule has 0 aliphatic carbocycles. The number of hydrogen-bond acceptors (Lipinski definition) is 2. The summed E-state index contributed by atoms with van der Waals surface area (Å²) in [5.74, 6) is 0.628. The first-order chi connectivity index (χ1) is 11.5. The molecular formula is C20H31ClO2Si. The van der Waals surface area contributed by atoms with Gasteiger partial charge in [-0.1, -0.05) is 75.3 Å². The number of halogens is 1. The van der Waals surface area contributed by atoms with Crippen molar-refractivity contribution in [1.29, 1.82) is 0 Å². The van der Waals surface area contributed by atoms with Crippen LogP contribution in [-0.2, 0) is 4.79 Å². The molecule has 2 nitrogen and oxygen atoms in total. The van der Waals surface area contributed by atoms with Gasteiger partial charge in [0.05, 0.1) is 14.0 Å². The molecule has 0 N–H and O–H groups in total. The molecule has 0 bridgehead atoms. The monoisotopic (exact) mass is 366 g/mol. The van der Waals surface area contributed by atoms with Gasteiger partial charge in [0, 0.05) is 5.02 Å². The number of benzene rings is 1. The highest BCUT2D eigenvalue weighted by Crippen LogP contribution is 2.37. The molecule has 4 heteroatoms. The van der Waals surface area contributed by atoms with Crippen LogP contribution < -0.4 is 4.74 Å². The van der Waals surface area contributed by atoms with Crippen molar-refractivity contribution in [2.75, 3.05) is 0 Å². The predicted molar refractivity (Wildman–Crippen MR) is 105 cm³/mol. The molecule has 1 fully saturated rings. The van der Waals surface area contributed by atoms with E-state index in [0.29, 0.717) is 10.8 Å². The Morgan fingerprint density at radius 1 is 1.12 bits per heavy atom. The molecule has 1 aromatic rings. The maximum atomic E-state index is 12.4. The molecule has 1 aromatic carbocycles. The molecule has 134 valence electrons. The molecule has 1 aliphatic heterocycles. The summed E-state index contributed by atoms with van der Waals surface area (Å²) in [5.41, 5.74) is 0. The Hall–Kier alpha value is -0.803. The molecule has 2 rings (SSSR count). The van der Waals surface area contributed by atoms with Gasteiger partial charge in [0.25, 0.3) is 0 Å². The Morgan fingerprint density at radius 3 is 2.38 bits per heavy atom. The summed E-state index contributed by atoms with van der Waals surface area (Å²) in [6.45, 7) is 4.80. The van der Waals surface area contributed by atoms with Crippen LogP contribution in [0.4, 0.5) is 0 Å². The van der Waals surface area contributed by atoms with Crippen LogP contribution in [0.5, 0.6) is 5.75 Å². The Balaban J connectivity index is 1.72. The SMILES string of the molecule is CCCCCCC[Si]1(C)CCC(C(=O)Oc2ccc(Cl)cc2)CC1. The number of hydrogen-bond donors (Lipinski definition) is 0. The standard InChI is InChI=1S/C20H31ClO2Si/c1-3-4-5-6-7-14-24(2)15-12-17(13-16-24)20(22)23-19-10-8-18(21)9-11-19/h8-11,17H,3-7,12-16H2,1-2H3. The average Bonchev–Trinajstić information content (AvgIpc) is 2.57. The summed E-state index contributed by atoms with van der Waals surface area (Å²) in [4.78, 5) is 12.4. The zero-order valence-corrected chi connectivity index (χ0v) is 16.9. The quantitative estimate of drug-likeness (QED) is 0.221. The first-order valence-corrected chi connectivity index (χ1v) is 13.0. The van der Waals surface area contributed by atoms with Crippen LogP contribution in [-0.4, -0.2) is 14.0 Å². The Labute approximate surface area is 152 Å². The van der Waals surface area contributed by atoms with Crippen molar-refractivity contribution in [3.63, 3.8) is 0 Å². The second-order valence-corrected chi connectivity index (χ2v) is 13.2. The zero-order chi connectivity index (χ0) is 17.4. The second-order valence-electron chi connectivity index (χ2n) is 7.62. The lowest BCUT2D eigenvalue weighted by Crippen LogP contribution is -2.37. The highest BCUT2D eigenvalue weighted by Gasteiger charge is 2.35. The van der Waals surface area contributed by atoms with Crippen LogP contribution >= 0.6 is 11.6 Å². The van der Waals surface area contributed by atoms with Crippen molar-refractivity contribution in [2.45, 2.75) is 76.5 Å². The van der Waals surface area contributed by atoms with E-state index in [1.54, 1.807) is 24.3 Å². The summed E-state index contributed by atoms with van der Waals surface area (Å²) >= 11 is 5.86. The van der Waals surface area contributed by atoms with Crippen molar-refractivity contribution >= 4 is 25.6 Å². The predicted octanol–water partition coefficient (Wildman–Crippen LogP) is 6.70. The topological polar surface area (TPSA) is 26.3 Å². The van der Waals surface area contributed by atoms with E-state index in [4.69, 9.17) is 16.3 Å². The smallest absolute Gasteiger partial charge is 0.314 e. The molecule has 0 saturated carbocycles. The first kappa shape index (κ1) is 19.5. The molecule has 24 heavy (non-hydrogen) atoms. The Bertz CT molecular complexity index is 507. The fourth-order valence-corrected chi connectivity index (χ4v) is 7.73. The van der Waals surface area contributed by atoms with Crippen molar-refractivity contribution in [3.8, 4) is 5.75 Å². The summed E-state index contributed by atoms with van der Waals surface area (Å²) in [7, 11) is -1.11. The van der Waals surface area contributed by atoms with E-state index in [2.05, 4.69) is 13.5 Å². The van der Waals surface area contributed by atoms with Crippen molar-refractivity contribution in [3.05, 3.63) is 29.3 Å². The van der Waals surface area contributed by atoms with E-state index >= 15 is 0 Å². The van der Waals surface area contributed by atoms with Crippen LogP contribution in [0.25, 0.3) is 0 Å². The lowest BCUT2D eigenvalue weighted by atomic mass is 10.0. The molecule has 0 atom stereocenters. The van der Waals surface area contributed by atoms with Gasteiger partial charge in [0.2, 0.25) is 0 Å². The molecule has 0 unspecified atom stereocenters. The number of rotatable bonds is 8. The van der Waals surface area contributed by atoms with E-state index in [9.17, 15) is 4.79 Å². The average molecular weight is 367 g/mol. The Kier molecular flexibility index (Phi) is 7.83. The molecular weight excluding hydrogens is 336 g/mol. The Morgan fingerprint density at radius 2 is 1.75 bits per heavy atom. The fourth-order valence-electron chi connectivity index (χ4n) is 3.66. The second kappa shape index (κ2) is 9.62. The van der Waals surface area contributed by atoms with Gasteiger partial charge in [0.1, 0.15) is 5.75 Å². The van der Waals surface area contributed by atoms with Gasteiger partial charge in [-0.2, -0.15) is 0 Å².